The van der Waals surface area contributed by atoms with Crippen molar-refractivity contribution in [2.24, 2.45) is 7.05 Å². The molecule has 0 unspecified atom stereocenters. The van der Waals surface area contributed by atoms with Gasteiger partial charge in [-0.15, -0.1) is 0 Å². The van der Waals surface area contributed by atoms with Crippen LogP contribution in [0.5, 0.6) is 28.9 Å². The summed E-state index contributed by atoms with van der Waals surface area (Å²) >= 11 is 0. The maximum absolute atomic E-state index is 13.4. The van der Waals surface area contributed by atoms with Crippen molar-refractivity contribution in [2.75, 3.05) is 35.0 Å². The van der Waals surface area contributed by atoms with E-state index in [1.807, 2.05) is 23.9 Å². The molecule has 10 heteroatoms. The highest BCUT2D eigenvalue weighted by molar-refractivity contribution is 6.09. The quantitative estimate of drug-likeness (QED) is 0.289. The van der Waals surface area contributed by atoms with E-state index in [1.165, 1.54) is 0 Å². The average molecular weight is 508 g/mol. The molecule has 2 aromatic heterocycles. The molecule has 4 aromatic rings. The van der Waals surface area contributed by atoms with Crippen molar-refractivity contribution in [3.05, 3.63) is 54.1 Å². The summed E-state index contributed by atoms with van der Waals surface area (Å²) < 4.78 is 35.4. The molecule has 0 radical (unpaired) electrons. The molecule has 0 aliphatic rings. The third-order valence-electron chi connectivity index (χ3n) is 5.87. The lowest BCUT2D eigenvalue weighted by Crippen LogP contribution is -2.13. The second kappa shape index (κ2) is 11.1. The molecular formula is C27H29N3O7. The first-order chi connectivity index (χ1) is 17.9. The van der Waals surface area contributed by atoms with Crippen LogP contribution in [0.3, 0.4) is 0 Å². The Bertz CT molecular complexity index is 1430. The minimum absolute atomic E-state index is 0.0904. The highest BCUT2D eigenvalue weighted by atomic mass is 16.5. The lowest BCUT2D eigenvalue weighted by atomic mass is 9.95. The highest BCUT2D eigenvalue weighted by Gasteiger charge is 2.27. The second-order valence-electron chi connectivity index (χ2n) is 7.92. The summed E-state index contributed by atoms with van der Waals surface area (Å²) in [7, 11) is 8.06. The Hall–Kier alpha value is -4.47. The first-order valence-electron chi connectivity index (χ1n) is 11.5. The van der Waals surface area contributed by atoms with Crippen LogP contribution in [0.15, 0.2) is 42.7 Å². The first-order valence-corrected chi connectivity index (χ1v) is 11.5. The number of rotatable bonds is 10. The van der Waals surface area contributed by atoms with Crippen molar-refractivity contribution in [3.63, 3.8) is 0 Å². The van der Waals surface area contributed by atoms with E-state index in [-0.39, 0.29) is 24.7 Å². The van der Waals surface area contributed by atoms with Crippen LogP contribution < -0.4 is 23.7 Å². The fraction of sp³-hybridized carbons (Fsp3) is 0.296. The number of nitrogens with zero attached hydrogens (tertiary/aromatic N) is 3. The van der Waals surface area contributed by atoms with Crippen LogP contribution in [0.4, 0.5) is 0 Å². The Morgan fingerprint density at radius 2 is 1.59 bits per heavy atom. The number of carbonyl (C=O) groups is 1. The average Bonchev–Trinajstić information content (AvgIpc) is 3.34. The van der Waals surface area contributed by atoms with Crippen molar-refractivity contribution in [3.8, 4) is 40.0 Å². The van der Waals surface area contributed by atoms with Crippen LogP contribution in [-0.2, 0) is 18.4 Å². The van der Waals surface area contributed by atoms with Crippen molar-refractivity contribution < 1.29 is 33.2 Å². The molecule has 10 nitrogen and oxygen atoms in total. The Morgan fingerprint density at radius 1 is 0.919 bits per heavy atom. The zero-order valence-electron chi connectivity index (χ0n) is 21.7. The van der Waals surface area contributed by atoms with Crippen LogP contribution in [0.2, 0.25) is 0 Å². The van der Waals surface area contributed by atoms with Gasteiger partial charge in [0.05, 0.1) is 40.6 Å². The predicted octanol–water partition coefficient (Wildman–Crippen LogP) is 4.43. The van der Waals surface area contributed by atoms with Gasteiger partial charge in [-0.3, -0.25) is 0 Å². The maximum Gasteiger partial charge on any atom is 0.344 e. The summed E-state index contributed by atoms with van der Waals surface area (Å²) in [6.45, 7) is 2.00. The molecule has 2 heterocycles. The van der Waals surface area contributed by atoms with Gasteiger partial charge in [-0.25, -0.2) is 14.8 Å². The molecule has 0 spiro atoms. The van der Waals surface area contributed by atoms with Gasteiger partial charge < -0.3 is 33.0 Å². The van der Waals surface area contributed by atoms with E-state index in [0.717, 1.165) is 0 Å². The Balaban J connectivity index is 2.05. The third kappa shape index (κ3) is 4.95. The SMILES string of the molecule is CCOC(=O)c1c(OCc2nccn2C)nc2cc(OC)c(OC)cc2c1-c1ccc(OC)c(OC)c1. The zero-order chi connectivity index (χ0) is 26.5. The number of ether oxygens (including phenoxy) is 6. The third-order valence-corrected chi connectivity index (χ3v) is 5.87. The van der Waals surface area contributed by atoms with Crippen LogP contribution in [0, 0.1) is 0 Å². The van der Waals surface area contributed by atoms with Crippen molar-refractivity contribution in [1.29, 1.82) is 0 Å². The van der Waals surface area contributed by atoms with E-state index in [4.69, 9.17) is 33.4 Å². The number of hydrogen-bond acceptors (Lipinski definition) is 9. The van der Waals surface area contributed by atoms with Crippen molar-refractivity contribution in [1.82, 2.24) is 14.5 Å². The van der Waals surface area contributed by atoms with Crippen LogP contribution in [0.1, 0.15) is 23.1 Å². The number of aromatic nitrogens is 3. The van der Waals surface area contributed by atoms with Gasteiger partial charge in [0.15, 0.2) is 23.0 Å². The van der Waals surface area contributed by atoms with Gasteiger partial charge in [0.2, 0.25) is 5.88 Å². The largest absolute Gasteiger partial charge is 0.493 e. The first kappa shape index (κ1) is 25.6. The van der Waals surface area contributed by atoms with Crippen LogP contribution in [0.25, 0.3) is 22.0 Å². The number of benzene rings is 2. The molecule has 0 aliphatic heterocycles. The molecule has 4 rings (SSSR count). The summed E-state index contributed by atoms with van der Waals surface area (Å²) in [6.07, 6.45) is 3.48. The van der Waals surface area contributed by atoms with E-state index in [0.29, 0.717) is 50.9 Å². The highest BCUT2D eigenvalue weighted by Crippen LogP contribution is 2.43. The van der Waals surface area contributed by atoms with E-state index in [9.17, 15) is 4.79 Å². The van der Waals surface area contributed by atoms with Gasteiger partial charge in [-0.1, -0.05) is 6.07 Å². The smallest absolute Gasteiger partial charge is 0.344 e. The number of methoxy groups -OCH3 is 4. The summed E-state index contributed by atoms with van der Waals surface area (Å²) in [4.78, 5) is 22.4. The summed E-state index contributed by atoms with van der Waals surface area (Å²) in [5.41, 5.74) is 1.91. The Morgan fingerprint density at radius 3 is 2.22 bits per heavy atom. The number of hydrogen-bond donors (Lipinski definition) is 0. The summed E-state index contributed by atoms with van der Waals surface area (Å²) in [5, 5.41) is 0.636. The lowest BCUT2D eigenvalue weighted by Gasteiger charge is -2.19. The minimum Gasteiger partial charge on any atom is -0.493 e. The molecule has 0 saturated carbocycles. The van der Waals surface area contributed by atoms with Gasteiger partial charge in [-0.05, 0) is 30.7 Å². The molecule has 0 N–H and O–H groups in total. The molecule has 37 heavy (non-hydrogen) atoms. The maximum atomic E-state index is 13.4. The topological polar surface area (TPSA) is 103 Å². The molecule has 0 saturated heterocycles. The second-order valence-corrected chi connectivity index (χ2v) is 7.92. The number of aryl methyl sites for hydroxylation is 1. The summed E-state index contributed by atoms with van der Waals surface area (Å²) in [6, 6.07) is 8.90. The summed E-state index contributed by atoms with van der Waals surface area (Å²) in [5.74, 6) is 2.20. The van der Waals surface area contributed by atoms with Crippen molar-refractivity contribution >= 4 is 16.9 Å². The van der Waals surface area contributed by atoms with Gasteiger partial charge >= 0.3 is 5.97 Å². The fourth-order valence-electron chi connectivity index (χ4n) is 4.03. The number of fused-ring (bicyclic) bond motifs is 1. The molecule has 0 fully saturated rings. The van der Waals surface area contributed by atoms with Gasteiger partial charge in [0.25, 0.3) is 0 Å². The predicted molar refractivity (Wildman–Crippen MR) is 137 cm³/mol. The minimum atomic E-state index is -0.577. The molecular weight excluding hydrogens is 478 g/mol. The van der Waals surface area contributed by atoms with E-state index >= 15 is 0 Å². The monoisotopic (exact) mass is 507 g/mol. The van der Waals surface area contributed by atoms with Crippen molar-refractivity contribution in [2.45, 2.75) is 13.5 Å². The molecule has 0 aliphatic carbocycles. The van der Waals surface area contributed by atoms with Gasteiger partial charge in [0.1, 0.15) is 18.0 Å². The number of pyridine rings is 1. The standard InChI is InChI=1S/C27H29N3O7/c1-7-36-27(31)25-24(16-8-9-19(32-3)20(12-16)33-4)17-13-21(34-5)22(35-6)14-18(17)29-26(25)37-15-23-28-10-11-30(23)2/h8-14H,7,15H2,1-6H3. The Labute approximate surface area is 214 Å². The normalized spacial score (nSPS) is 10.8. The van der Waals surface area contributed by atoms with Gasteiger partial charge in [0, 0.05) is 36.5 Å². The molecule has 0 bridgehead atoms. The van der Waals surface area contributed by atoms with Crippen LogP contribution in [-0.4, -0.2) is 55.6 Å². The van der Waals surface area contributed by atoms with E-state index in [1.54, 1.807) is 65.8 Å². The molecule has 0 amide bonds. The number of imidazole rings is 1. The molecule has 0 atom stereocenters. The lowest BCUT2D eigenvalue weighted by molar-refractivity contribution is 0.0521. The number of esters is 1. The zero-order valence-corrected chi connectivity index (χ0v) is 21.7. The van der Waals surface area contributed by atoms with Gasteiger partial charge in [-0.2, -0.15) is 0 Å². The molecule has 194 valence electrons. The number of carbonyl (C=O) groups excluding carboxylic acids is 1. The molecule has 2 aromatic carbocycles. The van der Waals surface area contributed by atoms with Crippen LogP contribution >= 0.6 is 0 Å². The van der Waals surface area contributed by atoms with E-state index in [2.05, 4.69) is 4.98 Å². The fourth-order valence-corrected chi connectivity index (χ4v) is 4.03. The Kier molecular flexibility index (Phi) is 7.66. The van der Waals surface area contributed by atoms with E-state index < -0.39 is 5.97 Å².